The fraction of sp³-hybridized carbons (Fsp3) is 0.517. The number of carbonyl (C=O) groups is 3. The van der Waals surface area contributed by atoms with Gasteiger partial charge < -0.3 is 14.4 Å². The van der Waals surface area contributed by atoms with E-state index in [4.69, 9.17) is 9.47 Å². The Balaban J connectivity index is 1.38. The number of benzene rings is 1. The van der Waals surface area contributed by atoms with E-state index in [2.05, 4.69) is 17.1 Å². The molecule has 0 radical (unpaired) electrons. The van der Waals surface area contributed by atoms with Crippen LogP contribution in [-0.4, -0.2) is 60.2 Å². The van der Waals surface area contributed by atoms with Crippen molar-refractivity contribution in [2.45, 2.75) is 63.9 Å². The van der Waals surface area contributed by atoms with E-state index < -0.39 is 11.7 Å². The standard InChI is InChI=1S/C29H37N3O5/c1-29(2,3)37-28(35)32(25-12-7-8-15-30-25)16-9-13-26(33)31-17-14-22-23(18-27(34)36-4)20-10-5-6-11-21(20)24(22)19-31/h5-8,10-12,15,22-24H,9,13-14,16-19H2,1-4H3. The number of hydrogen-bond donors (Lipinski definition) is 0. The number of anilines is 1. The average Bonchev–Trinajstić information content (AvgIpc) is 3.18. The molecule has 1 aromatic carbocycles. The predicted molar refractivity (Wildman–Crippen MR) is 140 cm³/mol. The van der Waals surface area contributed by atoms with Crippen LogP contribution in [0.4, 0.5) is 10.6 Å². The summed E-state index contributed by atoms with van der Waals surface area (Å²) in [7, 11) is 1.43. The lowest BCUT2D eigenvalue weighted by molar-refractivity contribution is -0.142. The summed E-state index contributed by atoms with van der Waals surface area (Å²) in [6, 6.07) is 13.7. The molecule has 2 aromatic rings. The van der Waals surface area contributed by atoms with E-state index in [1.165, 1.54) is 23.1 Å². The number of rotatable bonds is 7. The van der Waals surface area contributed by atoms with Crippen molar-refractivity contribution in [3.05, 3.63) is 59.8 Å². The van der Waals surface area contributed by atoms with Crippen molar-refractivity contribution in [1.82, 2.24) is 9.88 Å². The van der Waals surface area contributed by atoms with Gasteiger partial charge in [-0.2, -0.15) is 0 Å². The van der Waals surface area contributed by atoms with Gasteiger partial charge in [0.25, 0.3) is 0 Å². The summed E-state index contributed by atoms with van der Waals surface area (Å²) in [5, 5.41) is 0. The van der Waals surface area contributed by atoms with E-state index in [9.17, 15) is 14.4 Å². The maximum atomic E-state index is 13.2. The first kappa shape index (κ1) is 26.6. The molecule has 0 bridgehead atoms. The number of carbonyl (C=O) groups excluding carboxylic acids is 3. The first-order valence-corrected chi connectivity index (χ1v) is 13.0. The third-order valence-corrected chi connectivity index (χ3v) is 7.26. The Labute approximate surface area is 218 Å². The lowest BCUT2D eigenvalue weighted by Gasteiger charge is -2.37. The number of likely N-dealkylation sites (tertiary alicyclic amines) is 1. The highest BCUT2D eigenvalue weighted by molar-refractivity contribution is 5.86. The number of aromatic nitrogens is 1. The van der Waals surface area contributed by atoms with Gasteiger partial charge in [0.1, 0.15) is 11.4 Å². The third kappa shape index (κ3) is 6.29. The minimum Gasteiger partial charge on any atom is -0.469 e. The van der Waals surface area contributed by atoms with Crippen LogP contribution in [0.3, 0.4) is 0 Å². The molecule has 8 heteroatoms. The summed E-state index contributed by atoms with van der Waals surface area (Å²) in [5.74, 6) is 1.07. The molecule has 0 spiro atoms. The minimum absolute atomic E-state index is 0.0810. The molecule has 0 saturated carbocycles. The molecule has 1 aliphatic heterocycles. The number of methoxy groups -OCH3 is 1. The zero-order chi connectivity index (χ0) is 26.6. The average molecular weight is 508 g/mol. The zero-order valence-corrected chi connectivity index (χ0v) is 22.2. The van der Waals surface area contributed by atoms with Gasteiger partial charge in [-0.25, -0.2) is 9.78 Å². The van der Waals surface area contributed by atoms with Gasteiger partial charge in [-0.1, -0.05) is 30.3 Å². The Morgan fingerprint density at radius 1 is 1.08 bits per heavy atom. The largest absolute Gasteiger partial charge is 0.469 e. The molecule has 2 aliphatic rings. The van der Waals surface area contributed by atoms with Gasteiger partial charge in [-0.05, 0) is 68.7 Å². The van der Waals surface area contributed by atoms with Crippen molar-refractivity contribution >= 4 is 23.8 Å². The number of pyridine rings is 1. The van der Waals surface area contributed by atoms with Gasteiger partial charge in [-0.15, -0.1) is 0 Å². The van der Waals surface area contributed by atoms with E-state index in [0.29, 0.717) is 50.6 Å². The molecule has 1 saturated heterocycles. The summed E-state index contributed by atoms with van der Waals surface area (Å²) in [5.41, 5.74) is 1.82. The molecule has 2 amide bonds. The predicted octanol–water partition coefficient (Wildman–Crippen LogP) is 4.90. The van der Waals surface area contributed by atoms with Crippen LogP contribution in [0.1, 0.15) is 69.4 Å². The maximum Gasteiger partial charge on any atom is 0.416 e. The molecule has 3 unspecified atom stereocenters. The smallest absolute Gasteiger partial charge is 0.416 e. The summed E-state index contributed by atoms with van der Waals surface area (Å²) >= 11 is 0. The number of piperidine rings is 1. The van der Waals surface area contributed by atoms with Gasteiger partial charge >= 0.3 is 12.1 Å². The van der Waals surface area contributed by atoms with Gasteiger partial charge in [0.05, 0.1) is 13.5 Å². The van der Waals surface area contributed by atoms with Crippen LogP contribution in [0.25, 0.3) is 0 Å². The Hall–Kier alpha value is -3.42. The van der Waals surface area contributed by atoms with E-state index in [0.717, 1.165) is 6.42 Å². The van der Waals surface area contributed by atoms with Crippen molar-refractivity contribution in [3.63, 3.8) is 0 Å². The molecule has 8 nitrogen and oxygen atoms in total. The van der Waals surface area contributed by atoms with E-state index in [1.54, 1.807) is 18.3 Å². The molecule has 1 fully saturated rings. The minimum atomic E-state index is -0.631. The Bertz CT molecular complexity index is 1110. The number of nitrogens with zero attached hydrogens (tertiary/aromatic N) is 3. The lowest BCUT2D eigenvalue weighted by atomic mass is 9.80. The molecule has 1 aromatic heterocycles. The lowest BCUT2D eigenvalue weighted by Crippen LogP contribution is -2.43. The van der Waals surface area contributed by atoms with Gasteiger partial charge in [-0.3, -0.25) is 14.5 Å². The maximum absolute atomic E-state index is 13.2. The summed E-state index contributed by atoms with van der Waals surface area (Å²) in [4.78, 5) is 45.9. The van der Waals surface area contributed by atoms with E-state index in [1.807, 2.05) is 43.9 Å². The van der Waals surface area contributed by atoms with Crippen molar-refractivity contribution in [3.8, 4) is 0 Å². The highest BCUT2D eigenvalue weighted by Crippen LogP contribution is 2.51. The number of hydrogen-bond acceptors (Lipinski definition) is 6. The van der Waals surface area contributed by atoms with Crippen LogP contribution < -0.4 is 4.90 Å². The Morgan fingerprint density at radius 3 is 2.49 bits per heavy atom. The van der Waals surface area contributed by atoms with E-state index in [-0.39, 0.29) is 23.7 Å². The Morgan fingerprint density at radius 2 is 1.81 bits per heavy atom. The number of fused-ring (bicyclic) bond motifs is 3. The highest BCUT2D eigenvalue weighted by atomic mass is 16.6. The van der Waals surface area contributed by atoms with E-state index >= 15 is 0 Å². The van der Waals surface area contributed by atoms with Crippen LogP contribution in [0.5, 0.6) is 0 Å². The fourth-order valence-electron chi connectivity index (χ4n) is 5.62. The van der Waals surface area contributed by atoms with Crippen LogP contribution in [-0.2, 0) is 19.1 Å². The summed E-state index contributed by atoms with van der Waals surface area (Å²) in [6.07, 6.45) is 3.21. The molecule has 2 heterocycles. The van der Waals surface area contributed by atoms with Crippen molar-refractivity contribution < 1.29 is 23.9 Å². The molecule has 198 valence electrons. The number of esters is 1. The van der Waals surface area contributed by atoms with Gasteiger partial charge in [0.15, 0.2) is 0 Å². The molecular weight excluding hydrogens is 470 g/mol. The monoisotopic (exact) mass is 507 g/mol. The number of ether oxygens (including phenoxy) is 2. The van der Waals surface area contributed by atoms with Crippen LogP contribution >= 0.6 is 0 Å². The van der Waals surface area contributed by atoms with Crippen molar-refractivity contribution in [2.75, 3.05) is 31.6 Å². The van der Waals surface area contributed by atoms with Gasteiger partial charge in [0, 0.05) is 38.2 Å². The quantitative estimate of drug-likeness (QED) is 0.496. The van der Waals surface area contributed by atoms with Crippen molar-refractivity contribution in [2.24, 2.45) is 5.92 Å². The van der Waals surface area contributed by atoms with Crippen LogP contribution in [0.2, 0.25) is 0 Å². The number of amides is 2. The summed E-state index contributed by atoms with van der Waals surface area (Å²) < 4.78 is 10.5. The topological polar surface area (TPSA) is 89.0 Å². The second kappa shape index (κ2) is 11.3. The highest BCUT2D eigenvalue weighted by Gasteiger charge is 2.44. The second-order valence-corrected chi connectivity index (χ2v) is 10.8. The fourth-order valence-corrected chi connectivity index (χ4v) is 5.62. The normalized spacial score (nSPS) is 20.5. The second-order valence-electron chi connectivity index (χ2n) is 10.8. The third-order valence-electron chi connectivity index (χ3n) is 7.26. The molecule has 3 atom stereocenters. The molecule has 37 heavy (non-hydrogen) atoms. The Kier molecular flexibility index (Phi) is 8.15. The van der Waals surface area contributed by atoms with Crippen molar-refractivity contribution in [1.29, 1.82) is 0 Å². The SMILES string of the molecule is COC(=O)CC1c2ccccc2C2CN(C(=O)CCCN(C(=O)OC(C)(C)C)c3ccccn3)CCC12. The van der Waals surface area contributed by atoms with Crippen LogP contribution in [0.15, 0.2) is 48.7 Å². The molecule has 1 aliphatic carbocycles. The van der Waals surface area contributed by atoms with Gasteiger partial charge in [0.2, 0.25) is 5.91 Å². The molecular formula is C29H37N3O5. The molecule has 0 N–H and O–H groups in total. The zero-order valence-electron chi connectivity index (χ0n) is 22.2. The van der Waals surface area contributed by atoms with Crippen LogP contribution in [0, 0.1) is 5.92 Å². The first-order valence-electron chi connectivity index (χ1n) is 13.0. The molecule has 4 rings (SSSR count). The first-order chi connectivity index (χ1) is 17.7. The summed E-state index contributed by atoms with van der Waals surface area (Å²) in [6.45, 7) is 7.13.